The Morgan fingerprint density at radius 3 is 2.38 bits per heavy atom. The van der Waals surface area contributed by atoms with E-state index in [2.05, 4.69) is 0 Å². The first-order chi connectivity index (χ1) is 13.5. The van der Waals surface area contributed by atoms with Crippen LogP contribution in [-0.2, 0) is 38.2 Å². The Balaban J connectivity index is 2.11. The van der Waals surface area contributed by atoms with E-state index in [1.54, 1.807) is 13.8 Å². The smallest absolute Gasteiger partial charge is 0.345 e. The first-order valence-corrected chi connectivity index (χ1v) is 9.67. The number of aliphatic carboxylic acids is 1. The van der Waals surface area contributed by atoms with Crippen molar-refractivity contribution in [2.45, 2.75) is 58.7 Å². The quantitative estimate of drug-likeness (QED) is 0.536. The fraction of sp³-hybridized carbons (Fsp3) is 0.750. The largest absolute Gasteiger partial charge is 0.479 e. The molecule has 0 radical (unpaired) electrons. The number of ketones is 1. The van der Waals surface area contributed by atoms with Gasteiger partial charge in [-0.25, -0.2) is 4.79 Å². The molecule has 3 rings (SSSR count). The van der Waals surface area contributed by atoms with Gasteiger partial charge in [0.05, 0.1) is 18.9 Å². The summed E-state index contributed by atoms with van der Waals surface area (Å²) in [5, 5.41) is 9.43. The van der Waals surface area contributed by atoms with Gasteiger partial charge in [0.25, 0.3) is 0 Å². The number of carboxylic acids is 1. The van der Waals surface area contributed by atoms with Crippen molar-refractivity contribution in [2.24, 2.45) is 28.6 Å². The second-order valence-electron chi connectivity index (χ2n) is 8.82. The molecule has 3 fully saturated rings. The van der Waals surface area contributed by atoms with Crippen molar-refractivity contribution in [3.8, 4) is 0 Å². The molecule has 0 aromatic carbocycles. The molecular weight excluding hydrogens is 384 g/mol. The number of ether oxygens (including phenoxy) is 3. The maximum absolute atomic E-state index is 13.5. The summed E-state index contributed by atoms with van der Waals surface area (Å²) in [6, 6.07) is 0. The predicted octanol–water partition coefficient (Wildman–Crippen LogP) is 1.12. The SMILES string of the molecule is COC(=O)[C@@H]1C[C@H](OC(C)=O)C(=O)[C@H]2[C@@]1(C)CC[C@H]1C(=O)O[C@@H](C(=O)O)C[C@]21C. The standard InChI is InChI=1S/C20H26O9/c1-9(21)28-12-7-11(17(25)27-4)19(2)6-5-10-18(26)29-13(16(23)24)8-20(10,3)15(19)14(12)22/h10-13,15H,5-8H2,1-4H3,(H,23,24)/t10-,11-,12-,13+,15-,19-,20-/m0/s1. The van der Waals surface area contributed by atoms with E-state index < -0.39 is 64.7 Å². The topological polar surface area (TPSA) is 133 Å². The Kier molecular flexibility index (Phi) is 5.21. The number of carboxylic acid groups (broad SMARTS) is 1. The van der Waals surface area contributed by atoms with Crippen molar-refractivity contribution in [2.75, 3.05) is 7.11 Å². The summed E-state index contributed by atoms with van der Waals surface area (Å²) in [6.07, 6.45) is -1.80. The third-order valence-corrected chi connectivity index (χ3v) is 7.17. The summed E-state index contributed by atoms with van der Waals surface area (Å²) in [5.74, 6) is -5.73. The zero-order valence-corrected chi connectivity index (χ0v) is 16.9. The lowest BCUT2D eigenvalue weighted by atomic mass is 9.43. The number of hydrogen-bond acceptors (Lipinski definition) is 8. The van der Waals surface area contributed by atoms with Crippen LogP contribution < -0.4 is 0 Å². The molecule has 1 aliphatic heterocycles. The molecule has 2 saturated carbocycles. The fourth-order valence-corrected chi connectivity index (χ4v) is 5.96. The summed E-state index contributed by atoms with van der Waals surface area (Å²) in [4.78, 5) is 61.8. The lowest BCUT2D eigenvalue weighted by Crippen LogP contribution is -2.65. The molecule has 0 aromatic rings. The number of esters is 3. The van der Waals surface area contributed by atoms with Crippen LogP contribution in [0.5, 0.6) is 0 Å². The highest BCUT2D eigenvalue weighted by Gasteiger charge is 2.68. The molecule has 0 amide bonds. The third kappa shape index (κ3) is 3.20. The summed E-state index contributed by atoms with van der Waals surface area (Å²) >= 11 is 0. The molecule has 9 nitrogen and oxygen atoms in total. The predicted molar refractivity (Wildman–Crippen MR) is 95.2 cm³/mol. The van der Waals surface area contributed by atoms with Crippen LogP contribution in [0, 0.1) is 28.6 Å². The molecular formula is C20H26O9. The van der Waals surface area contributed by atoms with E-state index in [-0.39, 0.29) is 18.6 Å². The molecule has 9 heteroatoms. The lowest BCUT2D eigenvalue weighted by Gasteiger charge is -2.60. The first kappa shape index (κ1) is 21.3. The van der Waals surface area contributed by atoms with Gasteiger partial charge in [0, 0.05) is 25.7 Å². The van der Waals surface area contributed by atoms with E-state index in [0.717, 1.165) is 0 Å². The van der Waals surface area contributed by atoms with Crippen LogP contribution in [0.4, 0.5) is 0 Å². The number of Topliss-reactive ketones (excluding diaryl/α,β-unsaturated/α-hetero) is 1. The minimum atomic E-state index is -1.37. The minimum absolute atomic E-state index is 0.00559. The molecule has 1 N–H and O–H groups in total. The van der Waals surface area contributed by atoms with E-state index in [1.165, 1.54) is 14.0 Å². The molecule has 0 unspecified atom stereocenters. The van der Waals surface area contributed by atoms with E-state index in [9.17, 15) is 29.1 Å². The van der Waals surface area contributed by atoms with Gasteiger partial charge in [0.2, 0.25) is 0 Å². The molecule has 1 heterocycles. The van der Waals surface area contributed by atoms with Crippen molar-refractivity contribution in [1.82, 2.24) is 0 Å². The van der Waals surface area contributed by atoms with Crippen molar-refractivity contribution in [3.63, 3.8) is 0 Å². The number of cyclic esters (lactones) is 1. The van der Waals surface area contributed by atoms with Crippen LogP contribution in [0.3, 0.4) is 0 Å². The fourth-order valence-electron chi connectivity index (χ4n) is 5.96. The van der Waals surface area contributed by atoms with Gasteiger partial charge in [-0.05, 0) is 23.7 Å². The molecule has 2 aliphatic carbocycles. The van der Waals surface area contributed by atoms with Crippen molar-refractivity contribution in [3.05, 3.63) is 0 Å². The van der Waals surface area contributed by atoms with E-state index in [0.29, 0.717) is 12.8 Å². The Hall–Kier alpha value is -2.45. The number of fused-ring (bicyclic) bond motifs is 3. The summed E-state index contributed by atoms with van der Waals surface area (Å²) in [7, 11) is 1.25. The third-order valence-electron chi connectivity index (χ3n) is 7.17. The van der Waals surface area contributed by atoms with E-state index >= 15 is 0 Å². The number of methoxy groups -OCH3 is 1. The Morgan fingerprint density at radius 1 is 1.17 bits per heavy atom. The minimum Gasteiger partial charge on any atom is -0.479 e. The molecule has 1 saturated heterocycles. The van der Waals surface area contributed by atoms with Crippen molar-refractivity contribution in [1.29, 1.82) is 0 Å². The molecule has 7 atom stereocenters. The Morgan fingerprint density at radius 2 is 1.83 bits per heavy atom. The Bertz CT molecular complexity index is 774. The van der Waals surface area contributed by atoms with Crippen LogP contribution in [-0.4, -0.2) is 54.1 Å². The van der Waals surface area contributed by atoms with Gasteiger partial charge in [-0.1, -0.05) is 13.8 Å². The molecule has 0 spiro atoms. The Labute approximate surface area is 168 Å². The van der Waals surface area contributed by atoms with Crippen LogP contribution in [0.15, 0.2) is 0 Å². The van der Waals surface area contributed by atoms with Crippen LogP contribution in [0.2, 0.25) is 0 Å². The normalized spacial score (nSPS) is 41.4. The zero-order chi connectivity index (χ0) is 21.7. The van der Waals surface area contributed by atoms with E-state index in [4.69, 9.17) is 14.2 Å². The van der Waals surface area contributed by atoms with Crippen LogP contribution >= 0.6 is 0 Å². The van der Waals surface area contributed by atoms with E-state index in [1.807, 2.05) is 0 Å². The average molecular weight is 410 g/mol. The number of carbonyl (C=O) groups is 5. The van der Waals surface area contributed by atoms with Gasteiger partial charge in [0.1, 0.15) is 0 Å². The maximum Gasteiger partial charge on any atom is 0.345 e. The summed E-state index contributed by atoms with van der Waals surface area (Å²) < 4.78 is 15.3. The van der Waals surface area contributed by atoms with Gasteiger partial charge in [-0.15, -0.1) is 0 Å². The number of rotatable bonds is 3. The number of hydrogen-bond donors (Lipinski definition) is 1. The highest BCUT2D eigenvalue weighted by atomic mass is 16.6. The molecule has 29 heavy (non-hydrogen) atoms. The monoisotopic (exact) mass is 410 g/mol. The van der Waals surface area contributed by atoms with Crippen molar-refractivity contribution < 1.29 is 43.3 Å². The highest BCUT2D eigenvalue weighted by Crippen LogP contribution is 2.63. The molecule has 160 valence electrons. The number of carbonyl (C=O) groups excluding carboxylic acids is 4. The maximum atomic E-state index is 13.5. The van der Waals surface area contributed by atoms with Crippen LogP contribution in [0.25, 0.3) is 0 Å². The lowest BCUT2D eigenvalue weighted by molar-refractivity contribution is -0.213. The highest BCUT2D eigenvalue weighted by molar-refractivity contribution is 5.93. The van der Waals surface area contributed by atoms with Gasteiger partial charge >= 0.3 is 23.9 Å². The molecule has 0 aromatic heterocycles. The van der Waals surface area contributed by atoms with Gasteiger partial charge in [-0.2, -0.15) is 0 Å². The first-order valence-electron chi connectivity index (χ1n) is 9.67. The second kappa shape index (κ2) is 7.11. The van der Waals surface area contributed by atoms with Gasteiger partial charge in [-0.3, -0.25) is 19.2 Å². The van der Waals surface area contributed by atoms with Gasteiger partial charge in [0.15, 0.2) is 18.0 Å². The second-order valence-corrected chi connectivity index (χ2v) is 8.82. The average Bonchev–Trinajstić information content (AvgIpc) is 2.61. The molecule has 3 aliphatic rings. The molecule has 0 bridgehead atoms. The van der Waals surface area contributed by atoms with Gasteiger partial charge < -0.3 is 19.3 Å². The summed E-state index contributed by atoms with van der Waals surface area (Å²) in [5.41, 5.74) is -1.90. The zero-order valence-electron chi connectivity index (χ0n) is 16.9. The van der Waals surface area contributed by atoms with Crippen LogP contribution in [0.1, 0.15) is 46.5 Å². The summed E-state index contributed by atoms with van der Waals surface area (Å²) in [6.45, 7) is 4.69. The van der Waals surface area contributed by atoms with Crippen molar-refractivity contribution >= 4 is 29.7 Å².